The lowest BCUT2D eigenvalue weighted by molar-refractivity contribution is 0.318. The van der Waals surface area contributed by atoms with Crippen LogP contribution in [-0.4, -0.2) is 22.1 Å². The van der Waals surface area contributed by atoms with Gasteiger partial charge in [0, 0.05) is 17.9 Å². The summed E-state index contributed by atoms with van der Waals surface area (Å²) >= 11 is 0. The normalized spacial score (nSPS) is 18.1. The highest BCUT2D eigenvalue weighted by atomic mass is 16.4. The number of benzene rings is 1. The van der Waals surface area contributed by atoms with Crippen molar-refractivity contribution in [2.45, 2.75) is 19.4 Å². The second kappa shape index (κ2) is 4.85. The highest BCUT2D eigenvalue weighted by molar-refractivity contribution is 6.02. The van der Waals surface area contributed by atoms with Crippen LogP contribution < -0.4 is 10.6 Å². The standard InChI is InChI=1S/C15H16N4O/c1-10-9-11-5-2-3-7-13(11)19(10)15-12(14(16)18-20)6-4-8-17-15/h2-8,10,20H,9H2,1H3,(H2,16,18). The fourth-order valence-corrected chi connectivity index (χ4v) is 2.73. The summed E-state index contributed by atoms with van der Waals surface area (Å²) in [4.78, 5) is 6.57. The molecule has 1 aromatic heterocycles. The molecule has 0 aliphatic carbocycles. The van der Waals surface area contributed by atoms with Crippen LogP contribution in [0.5, 0.6) is 0 Å². The van der Waals surface area contributed by atoms with E-state index in [9.17, 15) is 0 Å². The summed E-state index contributed by atoms with van der Waals surface area (Å²) in [5, 5.41) is 12.0. The van der Waals surface area contributed by atoms with Crippen LogP contribution in [0.15, 0.2) is 47.8 Å². The molecule has 1 aliphatic rings. The number of fused-ring (bicyclic) bond motifs is 1. The Kier molecular flexibility index (Phi) is 3.02. The molecule has 0 amide bonds. The molecule has 0 radical (unpaired) electrons. The highest BCUT2D eigenvalue weighted by Gasteiger charge is 2.29. The van der Waals surface area contributed by atoms with Crippen LogP contribution in [0.2, 0.25) is 0 Å². The largest absolute Gasteiger partial charge is 0.409 e. The molecule has 0 fully saturated rings. The molecule has 1 unspecified atom stereocenters. The van der Waals surface area contributed by atoms with Gasteiger partial charge in [0.05, 0.1) is 5.56 Å². The molecule has 20 heavy (non-hydrogen) atoms. The number of para-hydroxylation sites is 1. The number of nitrogens with zero attached hydrogens (tertiary/aromatic N) is 3. The van der Waals surface area contributed by atoms with Gasteiger partial charge in [0.25, 0.3) is 0 Å². The van der Waals surface area contributed by atoms with Crippen LogP contribution in [0.25, 0.3) is 0 Å². The summed E-state index contributed by atoms with van der Waals surface area (Å²) in [5.41, 5.74) is 8.82. The summed E-state index contributed by atoms with van der Waals surface area (Å²) in [6.45, 7) is 2.14. The second-order valence-electron chi connectivity index (χ2n) is 4.91. The number of amidine groups is 1. The minimum absolute atomic E-state index is 0.0738. The molecule has 1 atom stereocenters. The maximum Gasteiger partial charge on any atom is 0.173 e. The molecule has 2 aromatic rings. The van der Waals surface area contributed by atoms with E-state index in [0.29, 0.717) is 5.56 Å². The van der Waals surface area contributed by atoms with Gasteiger partial charge >= 0.3 is 0 Å². The number of rotatable bonds is 2. The Morgan fingerprint density at radius 2 is 2.15 bits per heavy atom. The Morgan fingerprint density at radius 3 is 2.95 bits per heavy atom. The molecule has 1 aliphatic heterocycles. The van der Waals surface area contributed by atoms with Crippen molar-refractivity contribution in [2.24, 2.45) is 10.9 Å². The number of nitrogens with two attached hydrogens (primary N) is 1. The van der Waals surface area contributed by atoms with Crippen LogP contribution >= 0.6 is 0 Å². The van der Waals surface area contributed by atoms with Crippen LogP contribution in [0.3, 0.4) is 0 Å². The average molecular weight is 268 g/mol. The van der Waals surface area contributed by atoms with E-state index in [1.807, 2.05) is 18.2 Å². The minimum atomic E-state index is 0.0738. The average Bonchev–Trinajstić information content (AvgIpc) is 2.82. The van der Waals surface area contributed by atoms with E-state index >= 15 is 0 Å². The fraction of sp³-hybridized carbons (Fsp3) is 0.200. The van der Waals surface area contributed by atoms with Crippen molar-refractivity contribution in [3.05, 3.63) is 53.7 Å². The quantitative estimate of drug-likeness (QED) is 0.379. The highest BCUT2D eigenvalue weighted by Crippen LogP contribution is 2.38. The first-order valence-electron chi connectivity index (χ1n) is 6.52. The topological polar surface area (TPSA) is 74.7 Å². The molecule has 5 heteroatoms. The van der Waals surface area contributed by atoms with Gasteiger partial charge in [-0.2, -0.15) is 0 Å². The zero-order chi connectivity index (χ0) is 14.1. The lowest BCUT2D eigenvalue weighted by Gasteiger charge is -2.25. The number of pyridine rings is 1. The minimum Gasteiger partial charge on any atom is -0.409 e. The molecule has 1 aromatic carbocycles. The lowest BCUT2D eigenvalue weighted by Crippen LogP contribution is -2.28. The van der Waals surface area contributed by atoms with Crippen LogP contribution in [0.1, 0.15) is 18.1 Å². The zero-order valence-electron chi connectivity index (χ0n) is 11.2. The molecule has 3 rings (SSSR count). The summed E-state index contributed by atoms with van der Waals surface area (Å²) in [6.07, 6.45) is 2.68. The molecule has 0 saturated heterocycles. The van der Waals surface area contributed by atoms with Gasteiger partial charge in [0.1, 0.15) is 5.82 Å². The predicted octanol–water partition coefficient (Wildman–Crippen LogP) is 2.26. The molecule has 3 N–H and O–H groups in total. The Labute approximate surface area is 117 Å². The van der Waals surface area contributed by atoms with Gasteiger partial charge in [-0.1, -0.05) is 23.4 Å². The third-order valence-electron chi connectivity index (χ3n) is 3.61. The first kappa shape index (κ1) is 12.5. The van der Waals surface area contributed by atoms with E-state index in [-0.39, 0.29) is 11.9 Å². The number of hydrogen-bond donors (Lipinski definition) is 2. The van der Waals surface area contributed by atoms with E-state index < -0.39 is 0 Å². The summed E-state index contributed by atoms with van der Waals surface area (Å²) in [6, 6.07) is 12.1. The number of anilines is 2. The lowest BCUT2D eigenvalue weighted by atomic mass is 10.1. The van der Waals surface area contributed by atoms with Crippen LogP contribution in [-0.2, 0) is 6.42 Å². The Morgan fingerprint density at radius 1 is 1.35 bits per heavy atom. The second-order valence-corrected chi connectivity index (χ2v) is 4.91. The molecule has 0 spiro atoms. The number of aromatic nitrogens is 1. The van der Waals surface area contributed by atoms with Crippen molar-refractivity contribution in [3.63, 3.8) is 0 Å². The Bertz CT molecular complexity index is 668. The summed E-state index contributed by atoms with van der Waals surface area (Å²) in [5.74, 6) is 0.796. The van der Waals surface area contributed by atoms with Crippen molar-refractivity contribution < 1.29 is 5.21 Å². The van der Waals surface area contributed by atoms with Crippen molar-refractivity contribution >= 4 is 17.3 Å². The SMILES string of the molecule is CC1Cc2ccccc2N1c1ncccc1/C(N)=N/O. The van der Waals surface area contributed by atoms with Crippen molar-refractivity contribution in [3.8, 4) is 0 Å². The smallest absolute Gasteiger partial charge is 0.173 e. The van der Waals surface area contributed by atoms with Crippen molar-refractivity contribution in [2.75, 3.05) is 4.90 Å². The fourth-order valence-electron chi connectivity index (χ4n) is 2.73. The van der Waals surface area contributed by atoms with Gasteiger partial charge in [-0.15, -0.1) is 0 Å². The van der Waals surface area contributed by atoms with Gasteiger partial charge in [0.2, 0.25) is 0 Å². The van der Waals surface area contributed by atoms with Gasteiger partial charge < -0.3 is 15.8 Å². The Hall–Kier alpha value is -2.56. The van der Waals surface area contributed by atoms with Gasteiger partial charge in [-0.25, -0.2) is 4.98 Å². The van der Waals surface area contributed by atoms with E-state index in [0.717, 1.165) is 17.9 Å². The first-order chi connectivity index (χ1) is 9.72. The zero-order valence-corrected chi connectivity index (χ0v) is 11.2. The van der Waals surface area contributed by atoms with Crippen LogP contribution in [0.4, 0.5) is 11.5 Å². The van der Waals surface area contributed by atoms with Crippen molar-refractivity contribution in [1.29, 1.82) is 0 Å². The number of hydrogen-bond acceptors (Lipinski definition) is 4. The van der Waals surface area contributed by atoms with E-state index in [1.165, 1.54) is 5.56 Å². The third-order valence-corrected chi connectivity index (χ3v) is 3.61. The Balaban J connectivity index is 2.15. The molecule has 2 heterocycles. The molecule has 5 nitrogen and oxygen atoms in total. The maximum absolute atomic E-state index is 8.93. The first-order valence-corrected chi connectivity index (χ1v) is 6.52. The molecular formula is C15H16N4O. The predicted molar refractivity (Wildman–Crippen MR) is 78.5 cm³/mol. The monoisotopic (exact) mass is 268 g/mol. The van der Waals surface area contributed by atoms with E-state index in [1.54, 1.807) is 12.3 Å². The van der Waals surface area contributed by atoms with Gasteiger partial charge in [0.15, 0.2) is 5.84 Å². The van der Waals surface area contributed by atoms with E-state index in [4.69, 9.17) is 10.9 Å². The molecule has 0 saturated carbocycles. The third kappa shape index (κ3) is 1.87. The van der Waals surface area contributed by atoms with Crippen LogP contribution in [0, 0.1) is 0 Å². The summed E-state index contributed by atoms with van der Waals surface area (Å²) in [7, 11) is 0. The van der Waals surface area contributed by atoms with Gasteiger partial charge in [-0.05, 0) is 37.1 Å². The summed E-state index contributed by atoms with van der Waals surface area (Å²) < 4.78 is 0. The molecular weight excluding hydrogens is 252 g/mol. The maximum atomic E-state index is 8.93. The van der Waals surface area contributed by atoms with E-state index in [2.05, 4.69) is 34.1 Å². The molecule has 102 valence electrons. The van der Waals surface area contributed by atoms with Gasteiger partial charge in [-0.3, -0.25) is 0 Å². The van der Waals surface area contributed by atoms with Crippen molar-refractivity contribution in [1.82, 2.24) is 4.98 Å². The number of oxime groups is 1. The molecule has 0 bridgehead atoms.